The third kappa shape index (κ3) is 4.18. The van der Waals surface area contributed by atoms with E-state index >= 15 is 0 Å². The van der Waals surface area contributed by atoms with Crippen LogP contribution < -0.4 is 10.6 Å². The van der Waals surface area contributed by atoms with Gasteiger partial charge in [-0.25, -0.2) is 4.79 Å². The summed E-state index contributed by atoms with van der Waals surface area (Å²) in [6, 6.07) is -0.398. The number of hydrogen-bond acceptors (Lipinski definition) is 3. The smallest absolute Gasteiger partial charge is 0.326 e. The maximum atomic E-state index is 11.5. The Labute approximate surface area is 95.6 Å². The summed E-state index contributed by atoms with van der Waals surface area (Å²) < 4.78 is 0. The molecule has 16 heavy (non-hydrogen) atoms. The van der Waals surface area contributed by atoms with Gasteiger partial charge in [0.2, 0.25) is 5.91 Å². The van der Waals surface area contributed by atoms with Crippen LogP contribution in [0.4, 0.5) is 0 Å². The van der Waals surface area contributed by atoms with Gasteiger partial charge in [0, 0.05) is 6.04 Å². The molecule has 1 aliphatic rings. The van der Waals surface area contributed by atoms with Gasteiger partial charge in [-0.2, -0.15) is 0 Å². The number of amides is 1. The lowest BCUT2D eigenvalue weighted by atomic mass is 9.87. The Morgan fingerprint density at radius 2 is 1.94 bits per heavy atom. The van der Waals surface area contributed by atoms with Crippen LogP contribution in [0.5, 0.6) is 0 Å². The van der Waals surface area contributed by atoms with Crippen molar-refractivity contribution in [3.8, 4) is 0 Å². The molecule has 0 aromatic heterocycles. The number of aliphatic carboxylic acids is 1. The molecule has 1 aliphatic carbocycles. The van der Waals surface area contributed by atoms with Gasteiger partial charge in [-0.15, -0.1) is 0 Å². The molecule has 0 unspecified atom stereocenters. The molecular formula is C11H20N2O3. The molecule has 0 spiro atoms. The van der Waals surface area contributed by atoms with Crippen LogP contribution in [0.15, 0.2) is 0 Å². The molecule has 1 amide bonds. The molecule has 1 saturated carbocycles. The van der Waals surface area contributed by atoms with E-state index in [2.05, 4.69) is 10.6 Å². The molecule has 5 heteroatoms. The van der Waals surface area contributed by atoms with Gasteiger partial charge >= 0.3 is 5.97 Å². The van der Waals surface area contributed by atoms with E-state index in [0.29, 0.717) is 6.04 Å². The third-order valence-electron chi connectivity index (χ3n) is 2.55. The van der Waals surface area contributed by atoms with Gasteiger partial charge in [0.1, 0.15) is 6.04 Å². The number of nitrogens with one attached hydrogen (secondary N) is 2. The molecular weight excluding hydrogens is 208 g/mol. The highest BCUT2D eigenvalue weighted by Crippen LogP contribution is 2.20. The molecule has 0 aliphatic heterocycles. The van der Waals surface area contributed by atoms with Crippen molar-refractivity contribution in [2.24, 2.45) is 5.41 Å². The molecule has 0 aromatic carbocycles. The van der Waals surface area contributed by atoms with Crippen LogP contribution in [-0.4, -0.2) is 35.6 Å². The van der Waals surface area contributed by atoms with E-state index in [0.717, 1.165) is 12.8 Å². The number of rotatable bonds is 5. The van der Waals surface area contributed by atoms with E-state index < -0.39 is 17.4 Å². The molecule has 1 atom stereocenters. The van der Waals surface area contributed by atoms with E-state index in [9.17, 15) is 9.59 Å². The maximum Gasteiger partial charge on any atom is 0.326 e. The second kappa shape index (κ2) is 4.82. The zero-order valence-electron chi connectivity index (χ0n) is 10.0. The molecule has 1 rings (SSSR count). The minimum atomic E-state index is -0.993. The third-order valence-corrected chi connectivity index (χ3v) is 2.55. The molecule has 5 nitrogen and oxygen atoms in total. The van der Waals surface area contributed by atoms with E-state index in [4.69, 9.17) is 5.11 Å². The van der Waals surface area contributed by atoms with Crippen molar-refractivity contribution in [1.29, 1.82) is 0 Å². The summed E-state index contributed by atoms with van der Waals surface area (Å²) in [6.07, 6.45) is 2.21. The monoisotopic (exact) mass is 228 g/mol. The van der Waals surface area contributed by atoms with Crippen molar-refractivity contribution in [2.45, 2.75) is 45.7 Å². The second-order valence-corrected chi connectivity index (χ2v) is 5.36. The van der Waals surface area contributed by atoms with E-state index in [-0.39, 0.29) is 12.5 Å². The first-order valence-corrected chi connectivity index (χ1v) is 5.56. The first kappa shape index (κ1) is 13.0. The molecule has 0 radical (unpaired) electrons. The van der Waals surface area contributed by atoms with Gasteiger partial charge in [0.15, 0.2) is 0 Å². The highest BCUT2D eigenvalue weighted by molar-refractivity contribution is 5.85. The summed E-state index contributed by atoms with van der Waals surface area (Å²) in [6.45, 7) is 5.58. The molecule has 0 saturated heterocycles. The summed E-state index contributed by atoms with van der Waals surface area (Å²) in [4.78, 5) is 22.5. The Kier molecular flexibility index (Phi) is 3.91. The predicted molar refractivity (Wildman–Crippen MR) is 60.0 cm³/mol. The minimum absolute atomic E-state index is 0.199. The quantitative estimate of drug-likeness (QED) is 0.634. The maximum absolute atomic E-state index is 11.5. The van der Waals surface area contributed by atoms with Crippen molar-refractivity contribution < 1.29 is 14.7 Å². The van der Waals surface area contributed by atoms with E-state index in [1.54, 1.807) is 20.8 Å². The molecule has 0 bridgehead atoms. The summed E-state index contributed by atoms with van der Waals surface area (Å²) in [5.74, 6) is -1.25. The highest BCUT2D eigenvalue weighted by Gasteiger charge is 2.32. The standard InChI is InChI=1S/C11H20N2O3/c1-11(2,3)9(10(15)16)13-8(14)6-12-7-4-5-7/h7,9,12H,4-6H2,1-3H3,(H,13,14)(H,15,16)/t9-/m0/s1. The molecule has 3 N–H and O–H groups in total. The Balaban J connectivity index is 2.40. The first-order valence-electron chi connectivity index (χ1n) is 5.56. The fourth-order valence-corrected chi connectivity index (χ4v) is 1.39. The van der Waals surface area contributed by atoms with Crippen molar-refractivity contribution in [3.63, 3.8) is 0 Å². The lowest BCUT2D eigenvalue weighted by Crippen LogP contribution is -2.51. The van der Waals surface area contributed by atoms with Gasteiger partial charge in [-0.1, -0.05) is 20.8 Å². The van der Waals surface area contributed by atoms with Gasteiger partial charge in [0.05, 0.1) is 6.54 Å². The van der Waals surface area contributed by atoms with Gasteiger partial charge in [-0.05, 0) is 18.3 Å². The van der Waals surface area contributed by atoms with Crippen LogP contribution in [0.2, 0.25) is 0 Å². The zero-order valence-corrected chi connectivity index (χ0v) is 10.0. The van der Waals surface area contributed by atoms with Crippen LogP contribution in [0, 0.1) is 5.41 Å². The lowest BCUT2D eigenvalue weighted by molar-refractivity contribution is -0.144. The topological polar surface area (TPSA) is 78.4 Å². The Morgan fingerprint density at radius 3 is 2.31 bits per heavy atom. The average Bonchev–Trinajstić information content (AvgIpc) is 2.91. The number of carbonyl (C=O) groups excluding carboxylic acids is 1. The van der Waals surface area contributed by atoms with Gasteiger partial charge < -0.3 is 15.7 Å². The van der Waals surface area contributed by atoms with Crippen molar-refractivity contribution >= 4 is 11.9 Å². The minimum Gasteiger partial charge on any atom is -0.480 e. The summed E-state index contributed by atoms with van der Waals surface area (Å²) in [7, 11) is 0. The van der Waals surface area contributed by atoms with Crippen LogP contribution in [-0.2, 0) is 9.59 Å². The average molecular weight is 228 g/mol. The number of hydrogen-bond donors (Lipinski definition) is 3. The zero-order chi connectivity index (χ0) is 12.3. The van der Waals surface area contributed by atoms with Crippen molar-refractivity contribution in [3.05, 3.63) is 0 Å². The number of carboxylic acid groups (broad SMARTS) is 1. The van der Waals surface area contributed by atoms with Crippen molar-refractivity contribution in [1.82, 2.24) is 10.6 Å². The summed E-state index contributed by atoms with van der Waals surface area (Å²) in [5.41, 5.74) is -0.485. The Bertz CT molecular complexity index is 279. The lowest BCUT2D eigenvalue weighted by Gasteiger charge is -2.27. The van der Waals surface area contributed by atoms with Crippen LogP contribution in [0.3, 0.4) is 0 Å². The first-order chi connectivity index (χ1) is 7.30. The Morgan fingerprint density at radius 1 is 1.38 bits per heavy atom. The van der Waals surface area contributed by atoms with Crippen LogP contribution in [0.25, 0.3) is 0 Å². The summed E-state index contributed by atoms with van der Waals surface area (Å²) in [5, 5.41) is 14.6. The van der Waals surface area contributed by atoms with Crippen molar-refractivity contribution in [2.75, 3.05) is 6.54 Å². The fourth-order valence-electron chi connectivity index (χ4n) is 1.39. The molecule has 0 heterocycles. The largest absolute Gasteiger partial charge is 0.480 e. The van der Waals surface area contributed by atoms with Gasteiger partial charge in [0.25, 0.3) is 0 Å². The fraction of sp³-hybridized carbons (Fsp3) is 0.818. The second-order valence-electron chi connectivity index (χ2n) is 5.36. The molecule has 0 aromatic rings. The SMILES string of the molecule is CC(C)(C)[C@@H](NC(=O)CNC1CC1)C(=O)O. The van der Waals surface area contributed by atoms with Crippen LogP contribution >= 0.6 is 0 Å². The number of carboxylic acids is 1. The van der Waals surface area contributed by atoms with Crippen LogP contribution in [0.1, 0.15) is 33.6 Å². The predicted octanol–water partition coefficient (Wildman–Crippen LogP) is 0.354. The molecule has 1 fully saturated rings. The van der Waals surface area contributed by atoms with E-state index in [1.807, 2.05) is 0 Å². The normalized spacial score (nSPS) is 17.9. The number of carbonyl (C=O) groups is 2. The molecule has 92 valence electrons. The highest BCUT2D eigenvalue weighted by atomic mass is 16.4. The summed E-state index contributed by atoms with van der Waals surface area (Å²) >= 11 is 0. The Hall–Kier alpha value is -1.10. The van der Waals surface area contributed by atoms with E-state index in [1.165, 1.54) is 0 Å². The van der Waals surface area contributed by atoms with Gasteiger partial charge in [-0.3, -0.25) is 4.79 Å².